The van der Waals surface area contributed by atoms with Crippen LogP contribution in [0.25, 0.3) is 5.69 Å². The van der Waals surface area contributed by atoms with Crippen molar-refractivity contribution in [2.75, 3.05) is 6.54 Å². The molecule has 30 heavy (non-hydrogen) atoms. The molecule has 2 aromatic heterocycles. The quantitative estimate of drug-likeness (QED) is 0.473. The topological polar surface area (TPSA) is 64.7 Å². The van der Waals surface area contributed by atoms with Crippen molar-refractivity contribution in [3.05, 3.63) is 96.7 Å². The van der Waals surface area contributed by atoms with Gasteiger partial charge >= 0.3 is 0 Å². The summed E-state index contributed by atoms with van der Waals surface area (Å²) >= 11 is 0. The first-order chi connectivity index (χ1) is 14.6. The molecule has 0 saturated carbocycles. The third kappa shape index (κ3) is 3.53. The predicted molar refractivity (Wildman–Crippen MR) is 112 cm³/mol. The highest BCUT2D eigenvalue weighted by molar-refractivity contribution is 7.89. The van der Waals surface area contributed by atoms with Crippen LogP contribution in [0, 0.1) is 0 Å². The lowest BCUT2D eigenvalue weighted by Crippen LogP contribution is -2.35. The van der Waals surface area contributed by atoms with E-state index in [9.17, 15) is 8.42 Å². The predicted octanol–water partition coefficient (Wildman–Crippen LogP) is 4.61. The number of fused-ring (bicyclic) bond motifs is 1. The molecule has 0 saturated heterocycles. The Kier molecular flexibility index (Phi) is 4.69. The number of hydrogen-bond donors (Lipinski definition) is 0. The molecule has 6 nitrogen and oxygen atoms in total. The Labute approximate surface area is 175 Å². The summed E-state index contributed by atoms with van der Waals surface area (Å²) in [4.78, 5) is 0.243. The molecule has 1 aliphatic heterocycles. The molecule has 1 aliphatic rings. The Morgan fingerprint density at radius 2 is 1.53 bits per heavy atom. The van der Waals surface area contributed by atoms with Crippen molar-refractivity contribution in [2.45, 2.75) is 17.9 Å². The van der Waals surface area contributed by atoms with Crippen molar-refractivity contribution < 1.29 is 17.6 Å². The van der Waals surface area contributed by atoms with Crippen LogP contribution in [0.2, 0.25) is 0 Å². The molecule has 3 heterocycles. The molecule has 0 atom stereocenters. The second kappa shape index (κ2) is 7.51. The van der Waals surface area contributed by atoms with Crippen LogP contribution in [0.4, 0.5) is 0 Å². The molecule has 0 amide bonds. The smallest absolute Gasteiger partial charge is 0.243 e. The van der Waals surface area contributed by atoms with Crippen LogP contribution in [0.5, 0.6) is 11.5 Å². The first-order valence-corrected chi connectivity index (χ1v) is 11.1. The number of furan rings is 1. The fourth-order valence-corrected chi connectivity index (χ4v) is 4.97. The largest absolute Gasteiger partial charge is 0.468 e. The summed E-state index contributed by atoms with van der Waals surface area (Å²) in [6.45, 7) is 0.706. The van der Waals surface area contributed by atoms with Crippen molar-refractivity contribution in [2.24, 2.45) is 0 Å². The molecule has 4 aromatic rings. The van der Waals surface area contributed by atoms with Gasteiger partial charge in [-0.1, -0.05) is 0 Å². The maximum absolute atomic E-state index is 13.0. The van der Waals surface area contributed by atoms with E-state index < -0.39 is 10.0 Å². The third-order valence-electron chi connectivity index (χ3n) is 5.22. The molecule has 2 aromatic carbocycles. The number of nitrogens with zero attached hydrogens (tertiary/aromatic N) is 2. The van der Waals surface area contributed by atoms with Crippen LogP contribution in [-0.2, 0) is 23.0 Å². The van der Waals surface area contributed by atoms with Gasteiger partial charge in [0.05, 0.1) is 17.7 Å². The normalized spacial score (nSPS) is 14.4. The lowest BCUT2D eigenvalue weighted by Gasteiger charge is -2.25. The zero-order valence-corrected chi connectivity index (χ0v) is 17.0. The van der Waals surface area contributed by atoms with E-state index in [2.05, 4.69) is 0 Å². The standard InChI is InChI=1S/C23H20N2O4S/c26-30(27,25-15-11-18-12-16-28-23(18)17-25)22-9-7-21(8-10-22)29-20-5-3-19(4-6-20)24-13-1-2-14-24/h1-10,12-14,16H,11,15,17H2. The molecule has 0 N–H and O–H groups in total. The van der Waals surface area contributed by atoms with E-state index >= 15 is 0 Å². The average Bonchev–Trinajstić information content (AvgIpc) is 3.46. The van der Waals surface area contributed by atoms with Crippen molar-refractivity contribution in [1.82, 2.24) is 8.87 Å². The molecule has 7 heteroatoms. The monoisotopic (exact) mass is 420 g/mol. The van der Waals surface area contributed by atoms with E-state index in [1.807, 2.05) is 59.4 Å². The van der Waals surface area contributed by atoms with Crippen LogP contribution in [0.15, 0.2) is 94.7 Å². The van der Waals surface area contributed by atoms with Crippen LogP contribution >= 0.6 is 0 Å². The summed E-state index contributed by atoms with van der Waals surface area (Å²) in [5.74, 6) is 1.98. The maximum Gasteiger partial charge on any atom is 0.243 e. The average molecular weight is 420 g/mol. The van der Waals surface area contributed by atoms with Crippen molar-refractivity contribution >= 4 is 10.0 Å². The molecule has 0 radical (unpaired) electrons. The number of benzene rings is 2. The summed E-state index contributed by atoms with van der Waals surface area (Å²) in [5.41, 5.74) is 2.11. The molecule has 5 rings (SSSR count). The van der Waals surface area contributed by atoms with Crippen LogP contribution < -0.4 is 4.74 Å². The molecule has 0 aliphatic carbocycles. The molecule has 0 spiro atoms. The first kappa shape index (κ1) is 18.7. The summed E-state index contributed by atoms with van der Waals surface area (Å²) < 4.78 is 40.7. The minimum absolute atomic E-state index is 0.243. The summed E-state index contributed by atoms with van der Waals surface area (Å²) in [5, 5.41) is 0. The van der Waals surface area contributed by atoms with Gasteiger partial charge in [0, 0.05) is 24.6 Å². The second-order valence-electron chi connectivity index (χ2n) is 7.12. The minimum atomic E-state index is -3.59. The minimum Gasteiger partial charge on any atom is -0.468 e. The molecule has 0 bridgehead atoms. The highest BCUT2D eigenvalue weighted by atomic mass is 32.2. The highest BCUT2D eigenvalue weighted by Gasteiger charge is 2.29. The van der Waals surface area contributed by atoms with Crippen molar-refractivity contribution in [1.29, 1.82) is 0 Å². The van der Waals surface area contributed by atoms with Crippen molar-refractivity contribution in [3.8, 4) is 17.2 Å². The van der Waals surface area contributed by atoms with Gasteiger partial charge in [-0.2, -0.15) is 4.31 Å². The number of rotatable bonds is 5. The van der Waals surface area contributed by atoms with E-state index in [1.54, 1.807) is 30.5 Å². The molecular weight excluding hydrogens is 400 g/mol. The zero-order valence-electron chi connectivity index (χ0n) is 16.1. The lowest BCUT2D eigenvalue weighted by atomic mass is 10.1. The van der Waals surface area contributed by atoms with Crippen LogP contribution in [0.3, 0.4) is 0 Å². The second-order valence-corrected chi connectivity index (χ2v) is 9.05. The van der Waals surface area contributed by atoms with E-state index in [4.69, 9.17) is 9.15 Å². The van der Waals surface area contributed by atoms with Crippen molar-refractivity contribution in [3.63, 3.8) is 0 Å². The van der Waals surface area contributed by atoms with Gasteiger partial charge < -0.3 is 13.7 Å². The van der Waals surface area contributed by atoms with Gasteiger partial charge in [-0.15, -0.1) is 0 Å². The highest BCUT2D eigenvalue weighted by Crippen LogP contribution is 2.28. The zero-order chi connectivity index (χ0) is 20.6. The fourth-order valence-electron chi connectivity index (χ4n) is 3.58. The number of aromatic nitrogens is 1. The van der Waals surface area contributed by atoms with E-state index in [-0.39, 0.29) is 11.4 Å². The van der Waals surface area contributed by atoms with Gasteiger partial charge in [0.1, 0.15) is 17.3 Å². The Bertz CT molecular complexity index is 1240. The summed E-state index contributed by atoms with van der Waals surface area (Å²) in [7, 11) is -3.59. The number of ether oxygens (including phenoxy) is 1. The van der Waals surface area contributed by atoms with Gasteiger partial charge in [0.15, 0.2) is 0 Å². The van der Waals surface area contributed by atoms with E-state index in [0.717, 1.165) is 11.3 Å². The molecule has 0 unspecified atom stereocenters. The Hall–Kier alpha value is -3.29. The van der Waals surface area contributed by atoms with Crippen LogP contribution in [0.1, 0.15) is 11.3 Å². The SMILES string of the molecule is O=S(=O)(c1ccc(Oc2ccc(-n3cccc3)cc2)cc1)N1CCc2ccoc2C1. The van der Waals surface area contributed by atoms with Gasteiger partial charge in [-0.3, -0.25) is 0 Å². The van der Waals surface area contributed by atoms with E-state index in [1.165, 1.54) is 4.31 Å². The fraction of sp³-hybridized carbons (Fsp3) is 0.130. The van der Waals surface area contributed by atoms with Gasteiger partial charge in [0.2, 0.25) is 10.0 Å². The molecule has 152 valence electrons. The number of hydrogen-bond acceptors (Lipinski definition) is 4. The Balaban J connectivity index is 1.29. The Morgan fingerprint density at radius 1 is 0.867 bits per heavy atom. The Morgan fingerprint density at radius 3 is 2.23 bits per heavy atom. The van der Waals surface area contributed by atoms with Gasteiger partial charge in [-0.05, 0) is 78.7 Å². The third-order valence-corrected chi connectivity index (χ3v) is 7.08. The first-order valence-electron chi connectivity index (χ1n) is 9.66. The van der Waals surface area contributed by atoms with E-state index in [0.29, 0.717) is 30.2 Å². The lowest BCUT2D eigenvalue weighted by molar-refractivity contribution is 0.343. The van der Waals surface area contributed by atoms with Gasteiger partial charge in [-0.25, -0.2) is 8.42 Å². The summed E-state index contributed by atoms with van der Waals surface area (Å²) in [6, 6.07) is 20.0. The van der Waals surface area contributed by atoms with Gasteiger partial charge in [0.25, 0.3) is 0 Å². The van der Waals surface area contributed by atoms with Crippen LogP contribution in [-0.4, -0.2) is 23.8 Å². The number of sulfonamides is 1. The summed E-state index contributed by atoms with van der Waals surface area (Å²) in [6.07, 6.45) is 6.22. The maximum atomic E-state index is 13.0. The molecular formula is C23H20N2O4S. The molecule has 0 fully saturated rings.